The average molecular weight is 521 g/mol. The predicted octanol–water partition coefficient (Wildman–Crippen LogP) is 3.81. The second-order valence-corrected chi connectivity index (χ2v) is 13.3. The van der Waals surface area contributed by atoms with Crippen LogP contribution in [0.25, 0.3) is 0 Å². The number of aliphatic hydroxyl groups is 1. The van der Waals surface area contributed by atoms with E-state index in [1.165, 1.54) is 0 Å². The monoisotopic (exact) mass is 520 g/mol. The predicted molar refractivity (Wildman–Crippen MR) is 143 cm³/mol. The van der Waals surface area contributed by atoms with Crippen LogP contribution >= 0.6 is 11.8 Å². The van der Waals surface area contributed by atoms with E-state index in [9.17, 15) is 19.5 Å². The SMILES string of the molecule is C=CCCCOC(=O)[C@@H]1[C@H]2C(=O)N([C@@H](CO)CC(C)C)C(C(=O)N(CC=C)C(C)C)C23CC[C@@]1(C)S3. The summed E-state index contributed by atoms with van der Waals surface area (Å²) in [5.41, 5.74) is 0. The number of ether oxygens (including phenoxy) is 1. The third-order valence-electron chi connectivity index (χ3n) is 8.08. The number of thioether (sulfide) groups is 1. The fraction of sp³-hybridized carbons (Fsp3) is 0.750. The smallest absolute Gasteiger partial charge is 0.311 e. The molecule has 2 bridgehead atoms. The van der Waals surface area contributed by atoms with Gasteiger partial charge in [-0.3, -0.25) is 14.4 Å². The van der Waals surface area contributed by atoms with Gasteiger partial charge in [0.25, 0.3) is 0 Å². The number of hydrogen-bond donors (Lipinski definition) is 1. The molecule has 0 aromatic carbocycles. The molecule has 0 aliphatic carbocycles. The van der Waals surface area contributed by atoms with Crippen LogP contribution in [0, 0.1) is 17.8 Å². The Morgan fingerprint density at radius 3 is 2.50 bits per heavy atom. The summed E-state index contributed by atoms with van der Waals surface area (Å²) in [6, 6.07) is -1.30. The van der Waals surface area contributed by atoms with Gasteiger partial charge in [0.05, 0.1) is 35.8 Å². The quantitative estimate of drug-likeness (QED) is 0.226. The lowest BCUT2D eigenvalue weighted by atomic mass is 9.66. The van der Waals surface area contributed by atoms with Gasteiger partial charge >= 0.3 is 5.97 Å². The van der Waals surface area contributed by atoms with Crippen LogP contribution in [-0.4, -0.2) is 80.1 Å². The number of rotatable bonds is 13. The van der Waals surface area contributed by atoms with E-state index in [0.717, 1.165) is 12.8 Å². The second kappa shape index (κ2) is 11.3. The van der Waals surface area contributed by atoms with Crippen LogP contribution in [0.2, 0.25) is 0 Å². The summed E-state index contributed by atoms with van der Waals surface area (Å²) >= 11 is 1.64. The molecule has 2 unspecified atom stereocenters. The summed E-state index contributed by atoms with van der Waals surface area (Å²) in [5, 5.41) is 10.4. The van der Waals surface area contributed by atoms with Crippen molar-refractivity contribution in [2.75, 3.05) is 19.8 Å². The molecule has 0 saturated carbocycles. The fourth-order valence-corrected chi connectivity index (χ4v) is 8.88. The largest absolute Gasteiger partial charge is 0.465 e. The van der Waals surface area contributed by atoms with Gasteiger partial charge in [-0.2, -0.15) is 0 Å². The van der Waals surface area contributed by atoms with Crippen molar-refractivity contribution >= 4 is 29.5 Å². The number of esters is 1. The lowest BCUT2D eigenvalue weighted by Gasteiger charge is -2.41. The van der Waals surface area contributed by atoms with Crippen LogP contribution in [0.15, 0.2) is 25.3 Å². The Hall–Kier alpha value is -1.80. The topological polar surface area (TPSA) is 87.1 Å². The Kier molecular flexibility index (Phi) is 9.03. The second-order valence-electron chi connectivity index (χ2n) is 11.4. The van der Waals surface area contributed by atoms with Crippen LogP contribution in [0.5, 0.6) is 0 Å². The third-order valence-corrected chi connectivity index (χ3v) is 10.1. The van der Waals surface area contributed by atoms with Gasteiger partial charge in [-0.1, -0.05) is 26.0 Å². The van der Waals surface area contributed by atoms with Crippen molar-refractivity contribution < 1.29 is 24.2 Å². The third kappa shape index (κ3) is 4.87. The molecule has 36 heavy (non-hydrogen) atoms. The maximum Gasteiger partial charge on any atom is 0.311 e. The summed E-state index contributed by atoms with van der Waals surface area (Å²) < 4.78 is 4.50. The summed E-state index contributed by atoms with van der Waals surface area (Å²) in [6.07, 6.45) is 6.93. The van der Waals surface area contributed by atoms with Gasteiger partial charge in [0.15, 0.2) is 0 Å². The highest BCUT2D eigenvalue weighted by atomic mass is 32.2. The summed E-state index contributed by atoms with van der Waals surface area (Å²) in [4.78, 5) is 45.4. The molecule has 7 nitrogen and oxygen atoms in total. The molecule has 3 aliphatic heterocycles. The normalized spacial score (nSPS) is 31.6. The molecule has 1 spiro atoms. The zero-order valence-corrected chi connectivity index (χ0v) is 23.4. The van der Waals surface area contributed by atoms with Gasteiger partial charge in [-0.15, -0.1) is 24.9 Å². The van der Waals surface area contributed by atoms with E-state index in [0.29, 0.717) is 25.8 Å². The molecule has 3 fully saturated rings. The van der Waals surface area contributed by atoms with Crippen molar-refractivity contribution in [1.29, 1.82) is 0 Å². The van der Waals surface area contributed by atoms with Crippen LogP contribution < -0.4 is 0 Å². The van der Waals surface area contributed by atoms with Crippen molar-refractivity contribution in [3.05, 3.63) is 25.3 Å². The first-order chi connectivity index (χ1) is 17.0. The van der Waals surface area contributed by atoms with Gasteiger partial charge in [0.1, 0.15) is 6.04 Å². The summed E-state index contributed by atoms with van der Waals surface area (Å²) in [5.74, 6) is -1.69. The van der Waals surface area contributed by atoms with E-state index < -0.39 is 33.4 Å². The molecule has 8 heteroatoms. The number of amides is 2. The van der Waals surface area contributed by atoms with E-state index in [4.69, 9.17) is 4.74 Å². The van der Waals surface area contributed by atoms with E-state index in [-0.39, 0.29) is 43.0 Å². The molecule has 202 valence electrons. The maximum absolute atomic E-state index is 14.3. The number of hydrogen-bond acceptors (Lipinski definition) is 6. The number of aliphatic hydroxyl groups excluding tert-OH is 1. The first-order valence-electron chi connectivity index (χ1n) is 13.3. The van der Waals surface area contributed by atoms with E-state index in [1.54, 1.807) is 33.7 Å². The van der Waals surface area contributed by atoms with E-state index >= 15 is 0 Å². The molecule has 2 amide bonds. The number of likely N-dealkylation sites (tertiary alicyclic amines) is 1. The Bertz CT molecular complexity index is 876. The van der Waals surface area contributed by atoms with E-state index in [2.05, 4.69) is 13.2 Å². The van der Waals surface area contributed by atoms with Crippen LogP contribution in [0.4, 0.5) is 0 Å². The highest BCUT2D eigenvalue weighted by Crippen LogP contribution is 2.71. The molecule has 3 heterocycles. The number of nitrogens with zero attached hydrogens (tertiary/aromatic N) is 2. The number of fused-ring (bicyclic) bond motifs is 1. The summed E-state index contributed by atoms with van der Waals surface area (Å²) in [7, 11) is 0. The zero-order chi connectivity index (χ0) is 26.8. The van der Waals surface area contributed by atoms with Crippen molar-refractivity contribution in [3.8, 4) is 0 Å². The molecule has 1 N–H and O–H groups in total. The molecule has 0 aromatic heterocycles. The molecule has 0 aromatic rings. The molecule has 3 rings (SSSR count). The van der Waals surface area contributed by atoms with Gasteiger partial charge in [-0.05, 0) is 58.8 Å². The number of allylic oxidation sites excluding steroid dienone is 1. The standard InChI is InChI=1S/C28H44N2O5S/c1-8-10-11-15-35-26(34)22-21-24(32)30(20(17-31)16-18(3)4)23(25(33)29(14-9-2)19(5)6)28(21)13-12-27(22,7)36-28/h8-9,18-23,31H,1-2,10-17H2,3-7H3/t20-,21+,22+,23?,27-,28?/m1/s1. The Balaban J connectivity index is 2.06. The van der Waals surface area contributed by atoms with Crippen LogP contribution in [0.3, 0.4) is 0 Å². The van der Waals surface area contributed by atoms with Gasteiger partial charge in [-0.25, -0.2) is 0 Å². The minimum Gasteiger partial charge on any atom is -0.465 e. The fourth-order valence-electron chi connectivity index (χ4n) is 6.56. The van der Waals surface area contributed by atoms with E-state index in [1.807, 2.05) is 34.6 Å². The van der Waals surface area contributed by atoms with Crippen molar-refractivity contribution in [2.45, 2.75) is 94.3 Å². The Morgan fingerprint density at radius 2 is 1.94 bits per heavy atom. The number of carbonyl (C=O) groups excluding carboxylic acids is 3. The van der Waals surface area contributed by atoms with Crippen LogP contribution in [0.1, 0.15) is 66.7 Å². The van der Waals surface area contributed by atoms with Gasteiger partial charge in [0, 0.05) is 17.3 Å². The van der Waals surface area contributed by atoms with Crippen molar-refractivity contribution in [1.82, 2.24) is 9.80 Å². The number of unbranched alkanes of at least 4 members (excludes halogenated alkanes) is 1. The maximum atomic E-state index is 14.3. The van der Waals surface area contributed by atoms with Gasteiger partial charge in [0.2, 0.25) is 11.8 Å². The molecular formula is C28H44N2O5S. The minimum absolute atomic E-state index is 0.0783. The van der Waals surface area contributed by atoms with Crippen LogP contribution in [-0.2, 0) is 19.1 Å². The summed E-state index contributed by atoms with van der Waals surface area (Å²) in [6.45, 7) is 18.0. The lowest BCUT2D eigenvalue weighted by Crippen LogP contribution is -2.58. The lowest BCUT2D eigenvalue weighted by molar-refractivity contribution is -0.156. The first-order valence-corrected chi connectivity index (χ1v) is 14.1. The highest BCUT2D eigenvalue weighted by Gasteiger charge is 2.78. The van der Waals surface area contributed by atoms with Crippen molar-refractivity contribution in [2.24, 2.45) is 17.8 Å². The molecule has 3 saturated heterocycles. The zero-order valence-electron chi connectivity index (χ0n) is 22.6. The van der Waals surface area contributed by atoms with Gasteiger partial charge < -0.3 is 19.6 Å². The average Bonchev–Trinajstić information content (AvgIpc) is 3.38. The minimum atomic E-state index is -0.737. The van der Waals surface area contributed by atoms with Crippen molar-refractivity contribution in [3.63, 3.8) is 0 Å². The Morgan fingerprint density at radius 1 is 1.25 bits per heavy atom. The number of carbonyl (C=O) groups is 3. The molecular weight excluding hydrogens is 476 g/mol. The highest BCUT2D eigenvalue weighted by molar-refractivity contribution is 8.02. The Labute approximate surface area is 220 Å². The first kappa shape index (κ1) is 28.8. The molecule has 0 radical (unpaired) electrons. The molecule has 3 aliphatic rings. The molecule has 6 atom stereocenters.